The largest absolute Gasteiger partial charge is 0.455 e. The lowest BCUT2D eigenvalue weighted by Crippen LogP contribution is -1.98. The summed E-state index contributed by atoms with van der Waals surface area (Å²) in [6, 6.07) is 43.5. The van der Waals surface area contributed by atoms with Crippen LogP contribution >= 0.6 is 0 Å². The van der Waals surface area contributed by atoms with E-state index in [2.05, 4.69) is 105 Å². The monoisotopic (exact) mass is 548 g/mol. The predicted octanol–water partition coefficient (Wildman–Crippen LogP) is 10.2. The molecule has 3 aromatic heterocycles. The summed E-state index contributed by atoms with van der Waals surface area (Å²) in [5, 5.41) is 16.7. The number of hydrogen-bond acceptors (Lipinski definition) is 2. The zero-order valence-corrected chi connectivity index (χ0v) is 22.7. The van der Waals surface area contributed by atoms with Crippen molar-refractivity contribution in [2.24, 2.45) is 0 Å². The van der Waals surface area contributed by atoms with Crippen molar-refractivity contribution >= 4 is 71.2 Å². The van der Waals surface area contributed by atoms with Crippen LogP contribution in [0.25, 0.3) is 81.8 Å². The topological polar surface area (TPSA) is 51.1 Å². The Morgan fingerprint density at radius 3 is 2.02 bits per heavy atom. The second-order valence-electron chi connectivity index (χ2n) is 10.7. The van der Waals surface area contributed by atoms with E-state index in [1.54, 1.807) is 6.07 Å². The molecular weight excluding hydrogens is 528 g/mol. The van der Waals surface area contributed by atoms with Gasteiger partial charge < -0.3 is 13.6 Å². The molecule has 0 amide bonds. The zero-order valence-electron chi connectivity index (χ0n) is 22.7. The van der Waals surface area contributed by atoms with Crippen LogP contribution in [0.15, 0.2) is 126 Å². The minimum absolute atomic E-state index is 0.335. The Balaban J connectivity index is 1.47. The number of para-hydroxylation sites is 3. The number of rotatable bonds is 2. The maximum Gasteiger partial charge on any atom is 0.206 e. The van der Waals surface area contributed by atoms with Crippen molar-refractivity contribution in [3.8, 4) is 17.4 Å². The Morgan fingerprint density at radius 2 is 1.28 bits per heavy atom. The summed E-state index contributed by atoms with van der Waals surface area (Å²) in [5.41, 5.74) is 8.16. The highest BCUT2D eigenvalue weighted by atomic mass is 16.3. The minimum atomic E-state index is 0.335. The summed E-state index contributed by atoms with van der Waals surface area (Å²) >= 11 is 0. The molecule has 0 N–H and O–H groups in total. The Morgan fingerprint density at radius 1 is 0.605 bits per heavy atom. The molecule has 198 valence electrons. The molecule has 9 rings (SSSR count). The summed E-state index contributed by atoms with van der Waals surface area (Å²) in [6.45, 7) is 7.69. The first kappa shape index (κ1) is 23.4. The highest BCUT2D eigenvalue weighted by Gasteiger charge is 2.22. The second kappa shape index (κ2) is 8.60. The number of hydrogen-bond donors (Lipinski definition) is 0. The second-order valence-corrected chi connectivity index (χ2v) is 10.7. The molecule has 43 heavy (non-hydrogen) atoms. The molecule has 0 fully saturated rings. The third-order valence-electron chi connectivity index (χ3n) is 8.59. The molecule has 5 nitrogen and oxygen atoms in total. The van der Waals surface area contributed by atoms with Crippen LogP contribution in [-0.4, -0.2) is 9.13 Å². The van der Waals surface area contributed by atoms with Gasteiger partial charge in [-0.25, -0.2) is 4.85 Å². The zero-order chi connectivity index (χ0) is 28.7. The number of benzene rings is 6. The smallest absolute Gasteiger partial charge is 0.206 e. The predicted molar refractivity (Wildman–Crippen MR) is 173 cm³/mol. The molecule has 0 aliphatic carbocycles. The summed E-state index contributed by atoms with van der Waals surface area (Å²) in [5.74, 6) is 0. The van der Waals surface area contributed by atoms with E-state index < -0.39 is 0 Å². The molecule has 0 saturated carbocycles. The van der Waals surface area contributed by atoms with Crippen LogP contribution in [0.4, 0.5) is 5.69 Å². The van der Waals surface area contributed by atoms with Crippen molar-refractivity contribution in [3.63, 3.8) is 0 Å². The minimum Gasteiger partial charge on any atom is -0.455 e. The number of fused-ring (bicyclic) bond motifs is 10. The summed E-state index contributed by atoms with van der Waals surface area (Å²) < 4.78 is 11.0. The van der Waals surface area contributed by atoms with E-state index in [4.69, 9.17) is 11.0 Å². The van der Waals surface area contributed by atoms with Crippen LogP contribution in [0.3, 0.4) is 0 Å². The van der Waals surface area contributed by atoms with Crippen molar-refractivity contribution in [2.45, 2.75) is 0 Å². The molecule has 0 unspecified atom stereocenters. The number of aromatic nitrogens is 2. The first-order valence-electron chi connectivity index (χ1n) is 14.0. The molecule has 0 bridgehead atoms. The van der Waals surface area contributed by atoms with Gasteiger partial charge in [0.1, 0.15) is 11.2 Å². The lowest BCUT2D eigenvalue weighted by molar-refractivity contribution is 0.673. The van der Waals surface area contributed by atoms with E-state index in [0.29, 0.717) is 16.9 Å². The molecule has 0 spiro atoms. The van der Waals surface area contributed by atoms with E-state index in [-0.39, 0.29) is 0 Å². The van der Waals surface area contributed by atoms with Gasteiger partial charge in [-0.3, -0.25) is 0 Å². The van der Waals surface area contributed by atoms with E-state index in [1.165, 1.54) is 10.8 Å². The van der Waals surface area contributed by atoms with Gasteiger partial charge in [-0.05, 0) is 54.6 Å². The highest BCUT2D eigenvalue weighted by molar-refractivity contribution is 6.24. The fraction of sp³-hybridized carbons (Fsp3) is 0. The molecule has 0 aliphatic rings. The molecule has 6 aromatic carbocycles. The lowest BCUT2D eigenvalue weighted by Gasteiger charge is -2.12. The molecule has 3 heterocycles. The Labute approximate surface area is 245 Å². The maximum atomic E-state index is 10.2. The van der Waals surface area contributed by atoms with Crippen molar-refractivity contribution in [3.05, 3.63) is 138 Å². The average molecular weight is 549 g/mol. The van der Waals surface area contributed by atoms with Gasteiger partial charge in [-0.2, -0.15) is 5.26 Å². The first-order chi connectivity index (χ1) is 21.3. The summed E-state index contributed by atoms with van der Waals surface area (Å²) in [7, 11) is 0. The number of furan rings is 1. The van der Waals surface area contributed by atoms with Crippen LogP contribution in [0.5, 0.6) is 0 Å². The Kier molecular flexibility index (Phi) is 4.68. The van der Waals surface area contributed by atoms with Gasteiger partial charge in [0.15, 0.2) is 0 Å². The molecule has 5 heteroatoms. The first-order valence-corrected chi connectivity index (χ1v) is 14.0. The normalized spacial score (nSPS) is 11.7. The van der Waals surface area contributed by atoms with E-state index in [1.807, 2.05) is 30.3 Å². The van der Waals surface area contributed by atoms with Crippen molar-refractivity contribution in [1.82, 2.24) is 9.13 Å². The van der Waals surface area contributed by atoms with E-state index in [9.17, 15) is 5.26 Å². The third-order valence-corrected chi connectivity index (χ3v) is 8.59. The SMILES string of the molecule is [C-]#[N+]c1cccc(-n2c3ccc(-n4c5ccccc5c5ccccc54)cc3c3c4oc5ccccc5c4ccc32)c1C#N. The van der Waals surface area contributed by atoms with Crippen molar-refractivity contribution < 1.29 is 4.42 Å². The average Bonchev–Trinajstić information content (AvgIpc) is 3.71. The van der Waals surface area contributed by atoms with Gasteiger partial charge >= 0.3 is 0 Å². The third kappa shape index (κ3) is 3.08. The van der Waals surface area contributed by atoms with Gasteiger partial charge in [0.2, 0.25) is 5.69 Å². The Hall–Kier alpha value is -6.30. The van der Waals surface area contributed by atoms with Crippen LogP contribution < -0.4 is 0 Å². The standard InChI is InChI=1S/C38H20N4O/c1-40-30-12-8-15-33(29(30)22-39)42-34-19-17-23(41-31-13-5-2-9-24(31)25-10-3-6-14-32(25)41)21-28(34)37-35(42)20-18-27-26-11-4-7-16-36(26)43-38(27)37/h2-21H. The fourth-order valence-electron chi connectivity index (χ4n) is 6.80. The maximum absolute atomic E-state index is 10.2. The molecule has 0 atom stereocenters. The van der Waals surface area contributed by atoms with Crippen LogP contribution in [0, 0.1) is 17.9 Å². The molecule has 0 aliphatic heterocycles. The number of nitriles is 1. The lowest BCUT2D eigenvalue weighted by atomic mass is 10.1. The summed E-state index contributed by atoms with van der Waals surface area (Å²) in [6.07, 6.45) is 0. The number of nitrogens with zero attached hydrogens (tertiary/aromatic N) is 4. The van der Waals surface area contributed by atoms with E-state index >= 15 is 0 Å². The van der Waals surface area contributed by atoms with Gasteiger partial charge in [-0.15, -0.1) is 0 Å². The fourth-order valence-corrected chi connectivity index (χ4v) is 6.80. The van der Waals surface area contributed by atoms with Gasteiger partial charge in [0, 0.05) is 32.6 Å². The summed E-state index contributed by atoms with van der Waals surface area (Å²) in [4.78, 5) is 3.65. The molecular formula is C38H20N4O. The van der Waals surface area contributed by atoms with Gasteiger partial charge in [-0.1, -0.05) is 66.7 Å². The van der Waals surface area contributed by atoms with Crippen LogP contribution in [0.1, 0.15) is 5.56 Å². The van der Waals surface area contributed by atoms with Crippen LogP contribution in [-0.2, 0) is 0 Å². The van der Waals surface area contributed by atoms with Crippen LogP contribution in [0.2, 0.25) is 0 Å². The van der Waals surface area contributed by atoms with Crippen molar-refractivity contribution in [1.29, 1.82) is 5.26 Å². The molecule has 0 saturated heterocycles. The highest BCUT2D eigenvalue weighted by Crippen LogP contribution is 2.43. The molecule has 9 aromatic rings. The Bertz CT molecular complexity index is 2650. The van der Waals surface area contributed by atoms with E-state index in [0.717, 1.165) is 60.5 Å². The van der Waals surface area contributed by atoms with Gasteiger partial charge in [0.25, 0.3) is 0 Å². The molecule has 0 radical (unpaired) electrons. The quantitative estimate of drug-likeness (QED) is 0.202. The van der Waals surface area contributed by atoms with Crippen molar-refractivity contribution in [2.75, 3.05) is 0 Å². The van der Waals surface area contributed by atoms with Gasteiger partial charge in [0.05, 0.1) is 51.3 Å².